The van der Waals surface area contributed by atoms with Crippen molar-refractivity contribution in [1.82, 2.24) is 10.6 Å². The van der Waals surface area contributed by atoms with E-state index in [0.29, 0.717) is 6.04 Å². The number of carbonyl (C=O) groups is 1. The van der Waals surface area contributed by atoms with E-state index in [2.05, 4.69) is 10.6 Å². The fraction of sp³-hybridized carbons (Fsp3) is 0.588. The van der Waals surface area contributed by atoms with Gasteiger partial charge >= 0.3 is 6.03 Å². The van der Waals surface area contributed by atoms with Gasteiger partial charge in [0.15, 0.2) is 0 Å². The van der Waals surface area contributed by atoms with Gasteiger partial charge in [-0.3, -0.25) is 0 Å². The van der Waals surface area contributed by atoms with Crippen LogP contribution < -0.4 is 10.6 Å². The third kappa shape index (κ3) is 4.26. The zero-order valence-electron chi connectivity index (χ0n) is 12.6. The number of carbonyl (C=O) groups excluding carboxylic acids is 1. The predicted molar refractivity (Wildman–Crippen MR) is 82.6 cm³/mol. The summed E-state index contributed by atoms with van der Waals surface area (Å²) in [6, 6.07) is 10.4. The summed E-state index contributed by atoms with van der Waals surface area (Å²) in [5.41, 5.74) is 0.770. The van der Waals surface area contributed by atoms with E-state index in [1.807, 2.05) is 44.2 Å². The fourth-order valence-corrected chi connectivity index (χ4v) is 2.86. The van der Waals surface area contributed by atoms with Crippen molar-refractivity contribution in [2.75, 3.05) is 0 Å². The van der Waals surface area contributed by atoms with Gasteiger partial charge in [-0.15, -0.1) is 0 Å². The summed E-state index contributed by atoms with van der Waals surface area (Å²) in [5.74, 6) is 0. The number of amides is 2. The lowest BCUT2D eigenvalue weighted by Gasteiger charge is -2.28. The Kier molecular flexibility index (Phi) is 5.05. The molecule has 0 radical (unpaired) electrons. The molecule has 0 atom stereocenters. The molecular weight excluding hydrogens is 248 g/mol. The van der Waals surface area contributed by atoms with Gasteiger partial charge in [-0.1, -0.05) is 56.0 Å². The highest BCUT2D eigenvalue weighted by molar-refractivity contribution is 5.75. The van der Waals surface area contributed by atoms with Crippen molar-refractivity contribution in [3.8, 4) is 0 Å². The first-order valence-electron chi connectivity index (χ1n) is 7.72. The molecule has 1 aromatic carbocycles. The first kappa shape index (κ1) is 14.9. The molecule has 1 fully saturated rings. The van der Waals surface area contributed by atoms with Crippen LogP contribution >= 0.6 is 0 Å². The minimum absolute atomic E-state index is 0.0502. The minimum atomic E-state index is -0.351. The zero-order valence-corrected chi connectivity index (χ0v) is 12.6. The van der Waals surface area contributed by atoms with Gasteiger partial charge in [0.1, 0.15) is 0 Å². The van der Waals surface area contributed by atoms with Crippen LogP contribution in [0.3, 0.4) is 0 Å². The first-order chi connectivity index (χ1) is 9.58. The minimum Gasteiger partial charge on any atom is -0.335 e. The molecule has 0 aliphatic heterocycles. The summed E-state index contributed by atoms with van der Waals surface area (Å²) in [7, 11) is 0. The second kappa shape index (κ2) is 6.78. The average Bonchev–Trinajstić information content (AvgIpc) is 2.67. The van der Waals surface area contributed by atoms with E-state index >= 15 is 0 Å². The third-order valence-corrected chi connectivity index (χ3v) is 4.11. The lowest BCUT2D eigenvalue weighted by atomic mass is 9.94. The van der Waals surface area contributed by atoms with Crippen LogP contribution in [-0.2, 0) is 5.54 Å². The van der Waals surface area contributed by atoms with E-state index in [1.165, 1.54) is 25.7 Å². The summed E-state index contributed by atoms with van der Waals surface area (Å²) in [4.78, 5) is 12.2. The van der Waals surface area contributed by atoms with Crippen LogP contribution in [0.2, 0.25) is 0 Å². The lowest BCUT2D eigenvalue weighted by Crippen LogP contribution is -2.49. The normalized spacial score (nSPS) is 17.3. The molecule has 3 heteroatoms. The molecule has 0 aromatic heterocycles. The summed E-state index contributed by atoms with van der Waals surface area (Å²) in [5, 5.41) is 6.22. The smallest absolute Gasteiger partial charge is 0.315 e. The van der Waals surface area contributed by atoms with E-state index in [1.54, 1.807) is 0 Å². The summed E-state index contributed by atoms with van der Waals surface area (Å²) < 4.78 is 0. The van der Waals surface area contributed by atoms with Gasteiger partial charge in [-0.2, -0.15) is 0 Å². The standard InChI is InChI=1S/C17H26N2O/c1-17(2,14-10-6-5-7-11-14)19-16(20)18-15-12-8-3-4-9-13-15/h5-7,10-11,15H,3-4,8-9,12-13H2,1-2H3,(H2,18,19,20). The summed E-state index contributed by atoms with van der Waals surface area (Å²) in [6.07, 6.45) is 7.28. The molecule has 1 aliphatic carbocycles. The molecule has 1 aliphatic rings. The topological polar surface area (TPSA) is 41.1 Å². The van der Waals surface area contributed by atoms with Crippen LogP contribution in [0.1, 0.15) is 57.9 Å². The van der Waals surface area contributed by atoms with Crippen LogP contribution in [0.25, 0.3) is 0 Å². The van der Waals surface area contributed by atoms with Gasteiger partial charge in [0, 0.05) is 6.04 Å². The van der Waals surface area contributed by atoms with Crippen LogP contribution in [-0.4, -0.2) is 12.1 Å². The monoisotopic (exact) mass is 274 g/mol. The molecule has 20 heavy (non-hydrogen) atoms. The third-order valence-electron chi connectivity index (χ3n) is 4.11. The van der Waals surface area contributed by atoms with Crippen LogP contribution in [0, 0.1) is 0 Å². The van der Waals surface area contributed by atoms with Gasteiger partial charge in [0.2, 0.25) is 0 Å². The van der Waals surface area contributed by atoms with Gasteiger partial charge in [0.05, 0.1) is 5.54 Å². The molecule has 1 saturated carbocycles. The molecule has 1 aromatic rings. The maximum Gasteiger partial charge on any atom is 0.315 e. The fourth-order valence-electron chi connectivity index (χ4n) is 2.86. The maximum atomic E-state index is 12.2. The number of nitrogens with one attached hydrogen (secondary N) is 2. The average molecular weight is 274 g/mol. The van der Waals surface area contributed by atoms with E-state index in [9.17, 15) is 4.79 Å². The second-order valence-electron chi connectivity index (χ2n) is 6.28. The molecule has 2 N–H and O–H groups in total. The molecule has 2 rings (SSSR count). The Morgan fingerprint density at radius 2 is 1.65 bits per heavy atom. The SMILES string of the molecule is CC(C)(NC(=O)NC1CCCCCC1)c1ccccc1. The van der Waals surface area contributed by atoms with E-state index in [-0.39, 0.29) is 11.6 Å². The Bertz CT molecular complexity index is 420. The highest BCUT2D eigenvalue weighted by atomic mass is 16.2. The summed E-state index contributed by atoms with van der Waals surface area (Å²) >= 11 is 0. The second-order valence-corrected chi connectivity index (χ2v) is 6.28. The van der Waals surface area contributed by atoms with Crippen LogP contribution in [0.5, 0.6) is 0 Å². The Morgan fingerprint density at radius 3 is 2.25 bits per heavy atom. The van der Waals surface area contributed by atoms with E-state index < -0.39 is 0 Å². The van der Waals surface area contributed by atoms with Crippen LogP contribution in [0.4, 0.5) is 4.79 Å². The molecule has 0 unspecified atom stereocenters. The molecular formula is C17H26N2O. The van der Waals surface area contributed by atoms with Crippen molar-refractivity contribution in [3.05, 3.63) is 35.9 Å². The highest BCUT2D eigenvalue weighted by Gasteiger charge is 2.24. The molecule has 0 spiro atoms. The van der Waals surface area contributed by atoms with Gasteiger partial charge < -0.3 is 10.6 Å². The number of rotatable bonds is 3. The quantitative estimate of drug-likeness (QED) is 0.805. The molecule has 0 saturated heterocycles. The molecule has 0 bridgehead atoms. The van der Waals surface area contributed by atoms with E-state index in [4.69, 9.17) is 0 Å². The predicted octanol–water partition coefficient (Wildman–Crippen LogP) is 3.94. The van der Waals surface area contributed by atoms with Crippen molar-refractivity contribution < 1.29 is 4.79 Å². The van der Waals surface area contributed by atoms with Gasteiger partial charge in [-0.05, 0) is 32.3 Å². The number of urea groups is 1. The van der Waals surface area contributed by atoms with E-state index in [0.717, 1.165) is 18.4 Å². The van der Waals surface area contributed by atoms with Crippen molar-refractivity contribution in [2.45, 2.75) is 64.0 Å². The highest BCUT2D eigenvalue weighted by Crippen LogP contribution is 2.20. The molecule has 3 nitrogen and oxygen atoms in total. The zero-order chi connectivity index (χ0) is 14.4. The number of benzene rings is 1. The number of hydrogen-bond acceptors (Lipinski definition) is 1. The largest absolute Gasteiger partial charge is 0.335 e. The van der Waals surface area contributed by atoms with Crippen molar-refractivity contribution in [3.63, 3.8) is 0 Å². The van der Waals surface area contributed by atoms with Gasteiger partial charge in [-0.25, -0.2) is 4.79 Å². The molecule has 110 valence electrons. The Labute approximate surface area is 122 Å². The van der Waals surface area contributed by atoms with Crippen molar-refractivity contribution in [1.29, 1.82) is 0 Å². The maximum absolute atomic E-state index is 12.2. The van der Waals surface area contributed by atoms with Crippen molar-refractivity contribution in [2.24, 2.45) is 0 Å². The number of hydrogen-bond donors (Lipinski definition) is 2. The van der Waals surface area contributed by atoms with Gasteiger partial charge in [0.25, 0.3) is 0 Å². The molecule has 2 amide bonds. The Hall–Kier alpha value is -1.51. The summed E-state index contributed by atoms with van der Waals surface area (Å²) in [6.45, 7) is 4.07. The van der Waals surface area contributed by atoms with Crippen molar-refractivity contribution >= 4 is 6.03 Å². The first-order valence-corrected chi connectivity index (χ1v) is 7.72. The Morgan fingerprint density at radius 1 is 1.05 bits per heavy atom. The Balaban J connectivity index is 1.90. The lowest BCUT2D eigenvalue weighted by molar-refractivity contribution is 0.224. The molecule has 0 heterocycles. The van der Waals surface area contributed by atoms with Crippen LogP contribution in [0.15, 0.2) is 30.3 Å².